The Morgan fingerprint density at radius 3 is 2.16 bits per heavy atom. The van der Waals surface area contributed by atoms with Crippen LogP contribution in [0.5, 0.6) is 11.5 Å². The Labute approximate surface area is 107 Å². The molecule has 0 spiro atoms. The van der Waals surface area contributed by atoms with Gasteiger partial charge < -0.3 is 4.74 Å². The van der Waals surface area contributed by atoms with E-state index in [0.29, 0.717) is 11.8 Å². The molecule has 0 aliphatic rings. The van der Waals surface area contributed by atoms with E-state index >= 15 is 0 Å². The number of ether oxygens (including phenoxy) is 1. The molecule has 0 saturated carbocycles. The number of carbonyl (C=O) groups excluding carboxylic acids is 1. The van der Waals surface area contributed by atoms with Crippen LogP contribution in [0.4, 0.5) is 8.78 Å². The van der Waals surface area contributed by atoms with Crippen LogP contribution in [0, 0.1) is 23.0 Å². The second kappa shape index (κ2) is 5.27. The summed E-state index contributed by atoms with van der Waals surface area (Å²) in [5, 5.41) is 8.62. The quantitative estimate of drug-likeness (QED) is 0.793. The summed E-state index contributed by atoms with van der Waals surface area (Å²) in [4.78, 5) is 10.4. The largest absolute Gasteiger partial charge is 0.451 e. The highest BCUT2D eigenvalue weighted by molar-refractivity contribution is 5.75. The Hall–Kier alpha value is -2.74. The molecule has 0 heterocycles. The fourth-order valence-corrected chi connectivity index (χ4v) is 1.46. The second-order valence-electron chi connectivity index (χ2n) is 3.67. The van der Waals surface area contributed by atoms with Crippen LogP contribution in [-0.2, 0) is 0 Å². The summed E-state index contributed by atoms with van der Waals surface area (Å²) >= 11 is 0. The van der Waals surface area contributed by atoms with Gasteiger partial charge in [0.05, 0.1) is 11.6 Å². The van der Waals surface area contributed by atoms with Crippen molar-refractivity contribution in [2.24, 2.45) is 0 Å². The van der Waals surface area contributed by atoms with Crippen LogP contribution >= 0.6 is 0 Å². The molecule has 0 aliphatic heterocycles. The van der Waals surface area contributed by atoms with Gasteiger partial charge in [-0.25, -0.2) is 8.78 Å². The van der Waals surface area contributed by atoms with E-state index in [0.717, 1.165) is 12.1 Å². The first-order chi connectivity index (χ1) is 9.13. The first kappa shape index (κ1) is 12.7. The van der Waals surface area contributed by atoms with Crippen molar-refractivity contribution in [2.45, 2.75) is 0 Å². The minimum absolute atomic E-state index is 0.109. The van der Waals surface area contributed by atoms with Gasteiger partial charge in [0.15, 0.2) is 17.4 Å². The number of hydrogen-bond acceptors (Lipinski definition) is 3. The minimum atomic E-state index is -0.966. The summed E-state index contributed by atoms with van der Waals surface area (Å²) in [6, 6.07) is 9.45. The summed E-state index contributed by atoms with van der Waals surface area (Å²) in [7, 11) is 0. The molecule has 0 radical (unpaired) electrons. The van der Waals surface area contributed by atoms with Gasteiger partial charge in [-0.15, -0.1) is 0 Å². The van der Waals surface area contributed by atoms with Gasteiger partial charge in [-0.05, 0) is 36.4 Å². The van der Waals surface area contributed by atoms with Crippen molar-refractivity contribution in [1.82, 2.24) is 0 Å². The number of nitriles is 1. The van der Waals surface area contributed by atoms with E-state index in [1.54, 1.807) is 0 Å². The zero-order valence-corrected chi connectivity index (χ0v) is 9.56. The predicted molar refractivity (Wildman–Crippen MR) is 63.0 cm³/mol. The maximum Gasteiger partial charge on any atom is 0.198 e. The lowest BCUT2D eigenvalue weighted by Crippen LogP contribution is -1.95. The molecule has 0 aromatic heterocycles. The molecule has 3 nitrogen and oxygen atoms in total. The average Bonchev–Trinajstić information content (AvgIpc) is 2.43. The summed E-state index contributed by atoms with van der Waals surface area (Å²) < 4.78 is 32.2. The van der Waals surface area contributed by atoms with Crippen molar-refractivity contribution in [3.05, 3.63) is 59.2 Å². The predicted octanol–water partition coefficient (Wildman–Crippen LogP) is 3.44. The fourth-order valence-electron chi connectivity index (χ4n) is 1.46. The molecule has 94 valence electrons. The number of halogens is 2. The van der Waals surface area contributed by atoms with E-state index in [1.165, 1.54) is 24.3 Å². The number of benzene rings is 2. The van der Waals surface area contributed by atoms with Crippen LogP contribution in [0.2, 0.25) is 0 Å². The normalized spacial score (nSPS) is 9.74. The van der Waals surface area contributed by atoms with Crippen LogP contribution in [0.25, 0.3) is 0 Å². The molecule has 0 N–H and O–H groups in total. The number of aldehydes is 1. The van der Waals surface area contributed by atoms with Crippen molar-refractivity contribution in [1.29, 1.82) is 5.26 Å². The zero-order valence-electron chi connectivity index (χ0n) is 9.56. The van der Waals surface area contributed by atoms with Crippen molar-refractivity contribution >= 4 is 6.29 Å². The lowest BCUT2D eigenvalue weighted by Gasteiger charge is -2.08. The van der Waals surface area contributed by atoms with E-state index in [1.807, 2.05) is 6.07 Å². The maximum atomic E-state index is 13.6. The minimum Gasteiger partial charge on any atom is -0.451 e. The standard InChI is InChI=1S/C14H7F2NO2/c15-12-5-10(8-18)6-13(16)14(12)19-11-3-1-9(7-17)2-4-11/h1-6,8H. The Balaban J connectivity index is 2.32. The topological polar surface area (TPSA) is 50.1 Å². The van der Waals surface area contributed by atoms with Gasteiger partial charge in [0.1, 0.15) is 12.0 Å². The number of rotatable bonds is 3. The third-order valence-electron chi connectivity index (χ3n) is 2.36. The van der Waals surface area contributed by atoms with Crippen LogP contribution < -0.4 is 4.74 Å². The highest BCUT2D eigenvalue weighted by atomic mass is 19.1. The number of carbonyl (C=O) groups is 1. The molecular formula is C14H7F2NO2. The summed E-state index contributed by atoms with van der Waals surface area (Å²) in [5.74, 6) is -2.33. The lowest BCUT2D eigenvalue weighted by molar-refractivity contribution is 0.112. The highest BCUT2D eigenvalue weighted by Gasteiger charge is 2.13. The third-order valence-corrected chi connectivity index (χ3v) is 2.36. The van der Waals surface area contributed by atoms with Gasteiger partial charge in [0.25, 0.3) is 0 Å². The molecule has 0 bridgehead atoms. The van der Waals surface area contributed by atoms with Crippen molar-refractivity contribution in [3.8, 4) is 17.6 Å². The van der Waals surface area contributed by atoms with E-state index < -0.39 is 17.4 Å². The molecule has 0 amide bonds. The molecule has 19 heavy (non-hydrogen) atoms. The van der Waals surface area contributed by atoms with Crippen LogP contribution in [0.3, 0.4) is 0 Å². The van der Waals surface area contributed by atoms with E-state index in [-0.39, 0.29) is 11.3 Å². The Bertz CT molecular complexity index is 637. The van der Waals surface area contributed by atoms with E-state index in [9.17, 15) is 13.6 Å². The monoisotopic (exact) mass is 259 g/mol. The molecular weight excluding hydrogens is 252 g/mol. The van der Waals surface area contributed by atoms with Gasteiger partial charge in [-0.3, -0.25) is 4.79 Å². The molecule has 0 aliphatic carbocycles. The first-order valence-electron chi connectivity index (χ1n) is 5.26. The Morgan fingerprint density at radius 1 is 1.11 bits per heavy atom. The molecule has 0 atom stereocenters. The van der Waals surface area contributed by atoms with Gasteiger partial charge in [-0.1, -0.05) is 0 Å². The van der Waals surface area contributed by atoms with Crippen LogP contribution in [0.15, 0.2) is 36.4 Å². The zero-order chi connectivity index (χ0) is 13.8. The fraction of sp³-hybridized carbons (Fsp3) is 0. The summed E-state index contributed by atoms with van der Waals surface area (Å²) in [6.07, 6.45) is 0.345. The second-order valence-corrected chi connectivity index (χ2v) is 3.67. The lowest BCUT2D eigenvalue weighted by atomic mass is 10.2. The number of nitrogens with zero attached hydrogens (tertiary/aromatic N) is 1. The average molecular weight is 259 g/mol. The van der Waals surface area contributed by atoms with E-state index in [4.69, 9.17) is 10.00 Å². The smallest absolute Gasteiger partial charge is 0.198 e. The van der Waals surface area contributed by atoms with E-state index in [2.05, 4.69) is 0 Å². The maximum absolute atomic E-state index is 13.6. The Morgan fingerprint density at radius 2 is 1.68 bits per heavy atom. The first-order valence-corrected chi connectivity index (χ1v) is 5.26. The van der Waals surface area contributed by atoms with Crippen LogP contribution in [-0.4, -0.2) is 6.29 Å². The molecule has 2 aromatic carbocycles. The van der Waals surface area contributed by atoms with Crippen molar-refractivity contribution in [2.75, 3.05) is 0 Å². The third kappa shape index (κ3) is 2.75. The summed E-state index contributed by atoms with van der Waals surface area (Å²) in [5.41, 5.74) is 0.298. The number of hydrogen-bond donors (Lipinski definition) is 0. The van der Waals surface area contributed by atoms with Gasteiger partial charge in [0.2, 0.25) is 0 Å². The molecule has 2 aromatic rings. The molecule has 0 saturated heterocycles. The SMILES string of the molecule is N#Cc1ccc(Oc2c(F)cc(C=O)cc2F)cc1. The molecule has 0 fully saturated rings. The Kier molecular flexibility index (Phi) is 3.53. The van der Waals surface area contributed by atoms with Gasteiger partial charge >= 0.3 is 0 Å². The molecule has 0 unspecified atom stereocenters. The highest BCUT2D eigenvalue weighted by Crippen LogP contribution is 2.28. The van der Waals surface area contributed by atoms with Gasteiger partial charge in [-0.2, -0.15) is 5.26 Å². The van der Waals surface area contributed by atoms with Crippen LogP contribution in [0.1, 0.15) is 15.9 Å². The van der Waals surface area contributed by atoms with Crippen molar-refractivity contribution < 1.29 is 18.3 Å². The molecule has 2 rings (SSSR count). The molecule has 5 heteroatoms. The van der Waals surface area contributed by atoms with Crippen molar-refractivity contribution in [3.63, 3.8) is 0 Å². The summed E-state index contributed by atoms with van der Waals surface area (Å²) in [6.45, 7) is 0. The van der Waals surface area contributed by atoms with Gasteiger partial charge in [0, 0.05) is 5.56 Å².